The Bertz CT molecular complexity index is 971. The molecule has 0 spiro atoms. The molecular weight excluding hydrogens is 370 g/mol. The average molecular weight is 385 g/mol. The Morgan fingerprint density at radius 1 is 1.41 bits per heavy atom. The second-order valence-corrected chi connectivity index (χ2v) is 7.11. The van der Waals surface area contributed by atoms with Crippen molar-refractivity contribution >= 4 is 28.3 Å². The van der Waals surface area contributed by atoms with Crippen molar-refractivity contribution in [2.45, 2.75) is 19.9 Å². The number of pyridine rings is 1. The molecule has 27 heavy (non-hydrogen) atoms. The molecule has 2 amide bonds. The topological polar surface area (TPSA) is 127 Å². The molecule has 1 unspecified atom stereocenters. The molecule has 0 saturated carbocycles. The van der Waals surface area contributed by atoms with Gasteiger partial charge in [-0.05, 0) is 19.1 Å². The van der Waals surface area contributed by atoms with Crippen molar-refractivity contribution in [2.24, 2.45) is 5.92 Å². The van der Waals surface area contributed by atoms with Crippen LogP contribution in [0, 0.1) is 12.8 Å². The van der Waals surface area contributed by atoms with Crippen molar-refractivity contribution in [1.29, 1.82) is 0 Å². The van der Waals surface area contributed by atoms with E-state index in [4.69, 9.17) is 4.52 Å². The minimum atomic E-state index is -0.458. The molecule has 3 aromatic heterocycles. The van der Waals surface area contributed by atoms with Crippen LogP contribution in [0.15, 0.2) is 28.9 Å². The maximum Gasteiger partial charge on any atom is 0.246 e. The highest BCUT2D eigenvalue weighted by molar-refractivity contribution is 7.15. The smallest absolute Gasteiger partial charge is 0.246 e. The van der Waals surface area contributed by atoms with E-state index in [-0.39, 0.29) is 37.2 Å². The molecule has 0 aromatic carbocycles. The molecule has 1 fully saturated rings. The van der Waals surface area contributed by atoms with Crippen molar-refractivity contribution in [3.05, 3.63) is 35.3 Å². The molecule has 1 atom stereocenters. The fourth-order valence-electron chi connectivity index (χ4n) is 2.70. The van der Waals surface area contributed by atoms with Crippen LogP contribution in [0.5, 0.6) is 0 Å². The summed E-state index contributed by atoms with van der Waals surface area (Å²) in [6.07, 6.45) is 1.77. The van der Waals surface area contributed by atoms with Gasteiger partial charge in [0.1, 0.15) is 10.7 Å². The van der Waals surface area contributed by atoms with Crippen LogP contribution in [0.2, 0.25) is 0 Å². The number of nitrogens with one attached hydrogen (secondary N) is 1. The largest absolute Gasteiger partial charge is 0.347 e. The van der Waals surface area contributed by atoms with Gasteiger partial charge >= 0.3 is 0 Å². The zero-order valence-corrected chi connectivity index (χ0v) is 15.1. The second kappa shape index (κ2) is 7.19. The van der Waals surface area contributed by atoms with E-state index in [2.05, 4.69) is 30.6 Å². The number of nitrogens with zero attached hydrogens (tertiary/aromatic N) is 6. The Morgan fingerprint density at radius 2 is 2.30 bits per heavy atom. The third-order valence-corrected chi connectivity index (χ3v) is 4.88. The van der Waals surface area contributed by atoms with Crippen molar-refractivity contribution in [1.82, 2.24) is 30.6 Å². The van der Waals surface area contributed by atoms with E-state index in [9.17, 15) is 9.59 Å². The summed E-state index contributed by atoms with van der Waals surface area (Å²) in [4.78, 5) is 34.4. The SMILES string of the molecule is Cc1nnc(N2CC(C(=O)NCc3nc(-c4ccccn4)no3)CC2=O)s1. The van der Waals surface area contributed by atoms with Crippen LogP contribution in [-0.4, -0.2) is 43.7 Å². The van der Waals surface area contributed by atoms with E-state index in [0.717, 1.165) is 5.01 Å². The summed E-state index contributed by atoms with van der Waals surface area (Å²) in [7, 11) is 0. The van der Waals surface area contributed by atoms with Crippen molar-refractivity contribution < 1.29 is 14.1 Å². The Balaban J connectivity index is 1.35. The lowest BCUT2D eigenvalue weighted by Crippen LogP contribution is -2.32. The Morgan fingerprint density at radius 3 is 3.04 bits per heavy atom. The van der Waals surface area contributed by atoms with Gasteiger partial charge in [-0.15, -0.1) is 10.2 Å². The van der Waals surface area contributed by atoms with E-state index >= 15 is 0 Å². The van der Waals surface area contributed by atoms with Crippen LogP contribution in [0.3, 0.4) is 0 Å². The first-order chi connectivity index (χ1) is 13.1. The molecule has 11 heteroatoms. The van der Waals surface area contributed by atoms with Crippen molar-refractivity contribution in [2.75, 3.05) is 11.4 Å². The van der Waals surface area contributed by atoms with E-state index < -0.39 is 5.92 Å². The van der Waals surface area contributed by atoms with Gasteiger partial charge in [0.05, 0.1) is 12.5 Å². The zero-order chi connectivity index (χ0) is 18.8. The van der Waals surface area contributed by atoms with Crippen LogP contribution in [-0.2, 0) is 16.1 Å². The predicted molar refractivity (Wildman–Crippen MR) is 94.5 cm³/mol. The van der Waals surface area contributed by atoms with Gasteiger partial charge in [0.25, 0.3) is 0 Å². The first-order valence-electron chi connectivity index (χ1n) is 8.22. The molecule has 0 aliphatic carbocycles. The van der Waals surface area contributed by atoms with Gasteiger partial charge in [-0.1, -0.05) is 22.6 Å². The molecule has 4 heterocycles. The number of hydrogen-bond donors (Lipinski definition) is 1. The van der Waals surface area contributed by atoms with Crippen LogP contribution < -0.4 is 10.2 Å². The van der Waals surface area contributed by atoms with Crippen molar-refractivity contribution in [3.8, 4) is 11.5 Å². The normalized spacial score (nSPS) is 16.7. The quantitative estimate of drug-likeness (QED) is 0.688. The fourth-order valence-corrected chi connectivity index (χ4v) is 3.41. The molecule has 10 nitrogen and oxygen atoms in total. The van der Waals surface area contributed by atoms with Crippen LogP contribution in [0.25, 0.3) is 11.5 Å². The highest BCUT2D eigenvalue weighted by Gasteiger charge is 2.36. The molecular formula is C16H15N7O3S. The monoisotopic (exact) mass is 385 g/mol. The van der Waals surface area contributed by atoms with E-state index in [1.165, 1.54) is 16.2 Å². The van der Waals surface area contributed by atoms with Crippen LogP contribution in [0.1, 0.15) is 17.3 Å². The van der Waals surface area contributed by atoms with Crippen LogP contribution >= 0.6 is 11.3 Å². The summed E-state index contributed by atoms with van der Waals surface area (Å²) >= 11 is 1.33. The molecule has 4 rings (SSSR count). The van der Waals surface area contributed by atoms with Crippen LogP contribution in [0.4, 0.5) is 5.13 Å². The highest BCUT2D eigenvalue weighted by atomic mass is 32.1. The molecule has 1 N–H and O–H groups in total. The maximum absolute atomic E-state index is 12.4. The van der Waals surface area contributed by atoms with Gasteiger partial charge in [0, 0.05) is 19.2 Å². The lowest BCUT2D eigenvalue weighted by molar-refractivity contribution is -0.126. The van der Waals surface area contributed by atoms with E-state index in [0.29, 0.717) is 16.6 Å². The summed E-state index contributed by atoms with van der Waals surface area (Å²) in [6.45, 7) is 2.18. The highest BCUT2D eigenvalue weighted by Crippen LogP contribution is 2.27. The maximum atomic E-state index is 12.4. The Kier molecular flexibility index (Phi) is 4.59. The zero-order valence-electron chi connectivity index (χ0n) is 14.3. The molecule has 0 radical (unpaired) electrons. The second-order valence-electron chi connectivity index (χ2n) is 5.95. The molecule has 1 saturated heterocycles. The number of aromatic nitrogens is 5. The number of carbonyl (C=O) groups is 2. The molecule has 3 aromatic rings. The Labute approximate surface area is 157 Å². The van der Waals surface area contributed by atoms with Gasteiger partial charge in [0.15, 0.2) is 0 Å². The number of rotatable bonds is 5. The van der Waals surface area contributed by atoms with Gasteiger partial charge in [-0.3, -0.25) is 19.5 Å². The number of carbonyl (C=O) groups excluding carboxylic acids is 2. The average Bonchev–Trinajstić information content (AvgIpc) is 3.40. The molecule has 0 bridgehead atoms. The minimum Gasteiger partial charge on any atom is -0.347 e. The summed E-state index contributed by atoms with van der Waals surface area (Å²) in [5, 5.41) is 15.8. The standard InChI is InChI=1S/C16H15N7O3S/c1-9-20-21-16(27-9)23-8-10(6-13(23)24)15(25)18-7-12-19-14(22-26-12)11-4-2-3-5-17-11/h2-5,10H,6-8H2,1H3,(H,18,25). The summed E-state index contributed by atoms with van der Waals surface area (Å²) in [5.41, 5.74) is 0.586. The summed E-state index contributed by atoms with van der Waals surface area (Å²) < 4.78 is 5.14. The van der Waals surface area contributed by atoms with E-state index in [1.807, 2.05) is 13.0 Å². The fraction of sp³-hybridized carbons (Fsp3) is 0.312. The van der Waals surface area contributed by atoms with Gasteiger partial charge in [-0.2, -0.15) is 4.98 Å². The Hall–Kier alpha value is -3.21. The van der Waals surface area contributed by atoms with Crippen molar-refractivity contribution in [3.63, 3.8) is 0 Å². The minimum absolute atomic E-state index is 0.0846. The summed E-state index contributed by atoms with van der Waals surface area (Å²) in [6, 6.07) is 5.38. The molecule has 1 aliphatic rings. The summed E-state index contributed by atoms with van der Waals surface area (Å²) in [5.74, 6) is -0.218. The third kappa shape index (κ3) is 3.67. The number of aryl methyl sites for hydroxylation is 1. The number of amides is 2. The van der Waals surface area contributed by atoms with Gasteiger partial charge < -0.3 is 9.84 Å². The lowest BCUT2D eigenvalue weighted by atomic mass is 10.1. The number of anilines is 1. The number of hydrogen-bond acceptors (Lipinski definition) is 9. The van der Waals surface area contributed by atoms with Gasteiger partial charge in [0.2, 0.25) is 28.7 Å². The third-order valence-electron chi connectivity index (χ3n) is 4.02. The predicted octanol–water partition coefficient (Wildman–Crippen LogP) is 0.961. The molecule has 138 valence electrons. The lowest BCUT2D eigenvalue weighted by Gasteiger charge is -2.12. The molecule has 1 aliphatic heterocycles. The first-order valence-corrected chi connectivity index (χ1v) is 9.04. The van der Waals surface area contributed by atoms with E-state index in [1.54, 1.807) is 18.3 Å². The van der Waals surface area contributed by atoms with Gasteiger partial charge in [-0.25, -0.2) is 0 Å². The first kappa shape index (κ1) is 17.2.